The van der Waals surface area contributed by atoms with Crippen LogP contribution in [0.25, 0.3) is 11.0 Å². The summed E-state index contributed by atoms with van der Waals surface area (Å²) in [6, 6.07) is 10.6. The van der Waals surface area contributed by atoms with Crippen molar-refractivity contribution in [3.63, 3.8) is 0 Å². The lowest BCUT2D eigenvalue weighted by atomic mass is 10.2. The molecule has 0 aliphatic rings. The number of aromatic hydroxyl groups is 1. The van der Waals surface area contributed by atoms with Crippen molar-refractivity contribution in [2.24, 2.45) is 5.10 Å². The van der Waals surface area contributed by atoms with Crippen LogP contribution in [0.15, 0.2) is 54.2 Å². The van der Waals surface area contributed by atoms with Crippen molar-refractivity contribution in [1.29, 1.82) is 0 Å². The Bertz CT molecular complexity index is 1320. The molecule has 4 aromatic rings. The molecule has 2 aromatic carbocycles. The van der Waals surface area contributed by atoms with Gasteiger partial charge < -0.3 is 29.7 Å². The van der Waals surface area contributed by atoms with Gasteiger partial charge in [0.2, 0.25) is 5.75 Å². The van der Waals surface area contributed by atoms with Crippen LogP contribution in [0.3, 0.4) is 0 Å². The van der Waals surface area contributed by atoms with Crippen LogP contribution in [0.4, 0.5) is 17.3 Å². The molecule has 0 spiro atoms. The molecular formula is C24H25N7O5. The first-order valence-electron chi connectivity index (χ1n) is 10.9. The van der Waals surface area contributed by atoms with Crippen LogP contribution in [0.2, 0.25) is 0 Å². The van der Waals surface area contributed by atoms with E-state index in [-0.39, 0.29) is 23.9 Å². The topological polar surface area (TPSA) is 156 Å². The Kier molecular flexibility index (Phi) is 7.88. The molecule has 0 radical (unpaired) electrons. The number of ether oxygens (including phenoxy) is 3. The predicted molar refractivity (Wildman–Crippen MR) is 134 cm³/mol. The first-order valence-corrected chi connectivity index (χ1v) is 10.9. The van der Waals surface area contributed by atoms with Crippen molar-refractivity contribution in [2.45, 2.75) is 6.42 Å². The quantitative estimate of drug-likeness (QED) is 0.139. The maximum Gasteiger partial charge on any atom is 0.200 e. The fourth-order valence-corrected chi connectivity index (χ4v) is 3.24. The summed E-state index contributed by atoms with van der Waals surface area (Å²) in [6.07, 6.45) is 4.90. The van der Waals surface area contributed by atoms with E-state index in [1.165, 1.54) is 33.1 Å². The van der Waals surface area contributed by atoms with Crippen molar-refractivity contribution >= 4 is 34.6 Å². The molecule has 0 amide bonds. The van der Waals surface area contributed by atoms with Gasteiger partial charge in [0.05, 0.1) is 27.0 Å². The minimum absolute atomic E-state index is 0.0880. The zero-order valence-corrected chi connectivity index (χ0v) is 19.7. The summed E-state index contributed by atoms with van der Waals surface area (Å²) in [5.41, 5.74) is 5.26. The van der Waals surface area contributed by atoms with Gasteiger partial charge in [-0.25, -0.2) is 19.9 Å². The van der Waals surface area contributed by atoms with Gasteiger partial charge in [-0.1, -0.05) is 0 Å². The minimum Gasteiger partial charge on any atom is -0.502 e. The number of nitrogens with one attached hydrogen (secondary N) is 2. The molecule has 0 aliphatic carbocycles. The van der Waals surface area contributed by atoms with Crippen molar-refractivity contribution in [3.8, 4) is 23.0 Å². The third kappa shape index (κ3) is 5.67. The Morgan fingerprint density at radius 3 is 2.19 bits per heavy atom. The van der Waals surface area contributed by atoms with Gasteiger partial charge >= 0.3 is 0 Å². The Morgan fingerprint density at radius 2 is 1.56 bits per heavy atom. The van der Waals surface area contributed by atoms with E-state index < -0.39 is 0 Å². The predicted octanol–water partition coefficient (Wildman–Crippen LogP) is 3.09. The first-order chi connectivity index (χ1) is 17.6. The Morgan fingerprint density at radius 1 is 0.917 bits per heavy atom. The zero-order chi connectivity index (χ0) is 25.3. The number of benzene rings is 2. The molecule has 0 bridgehead atoms. The van der Waals surface area contributed by atoms with Gasteiger partial charge in [0.15, 0.2) is 23.1 Å². The van der Waals surface area contributed by atoms with Crippen molar-refractivity contribution < 1.29 is 24.4 Å². The summed E-state index contributed by atoms with van der Waals surface area (Å²) < 4.78 is 15.9. The zero-order valence-electron chi connectivity index (χ0n) is 19.7. The number of aliphatic hydroxyl groups excluding tert-OH is 1. The molecule has 12 nitrogen and oxygen atoms in total. The van der Waals surface area contributed by atoms with Gasteiger partial charge in [-0.3, -0.25) is 5.43 Å². The second-order valence-electron chi connectivity index (χ2n) is 7.36. The highest BCUT2D eigenvalue weighted by molar-refractivity contribution is 5.93. The van der Waals surface area contributed by atoms with Crippen molar-refractivity contribution in [2.75, 3.05) is 38.2 Å². The Hall–Kier alpha value is -4.71. The maximum absolute atomic E-state index is 10.1. The molecule has 0 unspecified atom stereocenters. The molecule has 12 heteroatoms. The molecule has 0 saturated heterocycles. The van der Waals surface area contributed by atoms with Crippen LogP contribution in [0, 0.1) is 0 Å². The number of phenolic OH excluding ortho intramolecular Hbond substituents is 1. The molecule has 2 heterocycles. The number of aliphatic hydroxyl groups is 1. The fraction of sp³-hybridized carbons (Fsp3) is 0.208. The highest BCUT2D eigenvalue weighted by Crippen LogP contribution is 2.36. The molecular weight excluding hydrogens is 466 g/mol. The standard InChI is InChI=1S/C24H25N7O5/c1-34-18-10-15(11-19(35-2)22(18)33)12-29-31-24-21-20(25-14-28-24)23(27-13-26-21)30-16-4-6-17(7-5-16)36-9-3-8-32/h4-7,10-14,32-33H,3,8-9H2,1-2H3,(H,25,28,31)(H,26,27,30)/b29-12+. The molecule has 2 aromatic heterocycles. The molecule has 4 N–H and O–H groups in total. The average molecular weight is 492 g/mol. The highest BCUT2D eigenvalue weighted by Gasteiger charge is 2.12. The number of hydrazone groups is 1. The third-order valence-electron chi connectivity index (χ3n) is 4.99. The molecule has 4 rings (SSSR count). The van der Waals surface area contributed by atoms with Gasteiger partial charge in [-0.05, 0) is 36.4 Å². The van der Waals surface area contributed by atoms with E-state index in [4.69, 9.17) is 19.3 Å². The van der Waals surface area contributed by atoms with Crippen molar-refractivity contribution in [1.82, 2.24) is 19.9 Å². The first kappa shape index (κ1) is 24.4. The number of hydrogen-bond donors (Lipinski definition) is 4. The summed E-state index contributed by atoms with van der Waals surface area (Å²) in [6.45, 7) is 0.535. The maximum atomic E-state index is 10.1. The van der Waals surface area contributed by atoms with Crippen LogP contribution < -0.4 is 25.0 Å². The smallest absolute Gasteiger partial charge is 0.200 e. The highest BCUT2D eigenvalue weighted by atomic mass is 16.5. The van der Waals surface area contributed by atoms with Crippen LogP contribution >= 0.6 is 0 Å². The van der Waals surface area contributed by atoms with E-state index in [0.717, 1.165) is 5.69 Å². The van der Waals surface area contributed by atoms with Gasteiger partial charge in [0.1, 0.15) is 29.4 Å². The number of methoxy groups -OCH3 is 2. The third-order valence-corrected chi connectivity index (χ3v) is 4.99. The average Bonchev–Trinajstić information content (AvgIpc) is 2.91. The lowest BCUT2D eigenvalue weighted by molar-refractivity contribution is 0.233. The van der Waals surface area contributed by atoms with Crippen LogP contribution in [-0.2, 0) is 0 Å². The van der Waals surface area contributed by atoms with Gasteiger partial charge in [-0.2, -0.15) is 5.10 Å². The van der Waals surface area contributed by atoms with Gasteiger partial charge in [0, 0.05) is 24.3 Å². The number of rotatable bonds is 11. The number of phenols is 1. The Balaban J connectivity index is 1.51. The number of fused-ring (bicyclic) bond motifs is 1. The van der Waals surface area contributed by atoms with E-state index >= 15 is 0 Å². The normalized spacial score (nSPS) is 11.0. The molecule has 36 heavy (non-hydrogen) atoms. The monoisotopic (exact) mass is 491 g/mol. The second-order valence-corrected chi connectivity index (χ2v) is 7.36. The van der Waals surface area contributed by atoms with E-state index in [9.17, 15) is 5.11 Å². The van der Waals surface area contributed by atoms with E-state index in [0.29, 0.717) is 47.0 Å². The SMILES string of the molecule is COc1cc(/C=N/Nc2ncnc3c(Nc4ccc(OCCCO)cc4)ncnc23)cc(OC)c1O. The molecule has 186 valence electrons. The van der Waals surface area contributed by atoms with Crippen molar-refractivity contribution in [3.05, 3.63) is 54.6 Å². The lowest BCUT2D eigenvalue weighted by Gasteiger charge is -2.10. The van der Waals surface area contributed by atoms with Crippen LogP contribution in [0.5, 0.6) is 23.0 Å². The largest absolute Gasteiger partial charge is 0.502 e. The molecule has 0 aliphatic heterocycles. The van der Waals surface area contributed by atoms with E-state index in [1.54, 1.807) is 12.1 Å². The van der Waals surface area contributed by atoms with Crippen LogP contribution in [-0.4, -0.2) is 63.8 Å². The minimum atomic E-state index is -0.0903. The number of nitrogens with zero attached hydrogens (tertiary/aromatic N) is 5. The van der Waals surface area contributed by atoms with Gasteiger partial charge in [0.25, 0.3) is 0 Å². The van der Waals surface area contributed by atoms with Crippen LogP contribution in [0.1, 0.15) is 12.0 Å². The summed E-state index contributed by atoms with van der Waals surface area (Å²) >= 11 is 0. The summed E-state index contributed by atoms with van der Waals surface area (Å²) in [7, 11) is 2.90. The molecule has 0 fully saturated rings. The Labute approximate surface area is 206 Å². The lowest BCUT2D eigenvalue weighted by Crippen LogP contribution is -2.02. The van der Waals surface area contributed by atoms with Gasteiger partial charge in [-0.15, -0.1) is 0 Å². The fourth-order valence-electron chi connectivity index (χ4n) is 3.24. The number of anilines is 3. The number of aromatic nitrogens is 4. The van der Waals surface area contributed by atoms with E-state index in [1.807, 2.05) is 24.3 Å². The second kappa shape index (κ2) is 11.6. The summed E-state index contributed by atoms with van der Waals surface area (Å²) in [5, 5.41) is 26.4. The summed E-state index contributed by atoms with van der Waals surface area (Å²) in [5.74, 6) is 2.01. The molecule has 0 saturated carbocycles. The van der Waals surface area contributed by atoms with E-state index in [2.05, 4.69) is 35.8 Å². The molecule has 0 atom stereocenters. The number of hydrogen-bond acceptors (Lipinski definition) is 12. The summed E-state index contributed by atoms with van der Waals surface area (Å²) in [4.78, 5) is 17.2.